The molecule has 2 nitrogen and oxygen atoms in total. The van der Waals surface area contributed by atoms with Crippen LogP contribution in [0.25, 0.3) is 6.08 Å². The van der Waals surface area contributed by atoms with Crippen LogP contribution in [-0.2, 0) is 4.74 Å². The molecule has 0 spiro atoms. The Balaban J connectivity index is 2.45. The maximum absolute atomic E-state index is 5.82. The first kappa shape index (κ1) is 11.2. The van der Waals surface area contributed by atoms with E-state index in [0.29, 0.717) is 5.92 Å². The molecule has 0 bridgehead atoms. The van der Waals surface area contributed by atoms with Crippen LogP contribution < -0.4 is 4.74 Å². The van der Waals surface area contributed by atoms with Gasteiger partial charge in [-0.25, -0.2) is 0 Å². The van der Waals surface area contributed by atoms with Gasteiger partial charge in [-0.15, -0.1) is 0 Å². The molecule has 0 radical (unpaired) electrons. The zero-order chi connectivity index (χ0) is 11.7. The molecule has 0 N–H and O–H groups in total. The summed E-state index contributed by atoms with van der Waals surface area (Å²) in [6.45, 7) is 6.40. The minimum atomic E-state index is -0.241. The van der Waals surface area contributed by atoms with Crippen molar-refractivity contribution in [3.8, 4) is 5.75 Å². The number of aryl methyl sites for hydroxylation is 1. The molecule has 0 saturated heterocycles. The second-order valence-corrected chi connectivity index (χ2v) is 4.53. The number of benzene rings is 1. The summed E-state index contributed by atoms with van der Waals surface area (Å²) in [5.74, 6) is 1.33. The van der Waals surface area contributed by atoms with Crippen LogP contribution in [0.2, 0.25) is 0 Å². The Bertz CT molecular complexity index is 419. The summed E-state index contributed by atoms with van der Waals surface area (Å²) in [5, 5.41) is 0. The van der Waals surface area contributed by atoms with Crippen LogP contribution in [0, 0.1) is 12.8 Å². The Hall–Kier alpha value is -1.28. The molecule has 1 atom stereocenters. The van der Waals surface area contributed by atoms with Gasteiger partial charge in [-0.1, -0.05) is 25.5 Å². The van der Waals surface area contributed by atoms with E-state index in [2.05, 4.69) is 39.0 Å². The van der Waals surface area contributed by atoms with Crippen molar-refractivity contribution in [2.45, 2.75) is 27.1 Å². The molecule has 0 amide bonds. The lowest BCUT2D eigenvalue weighted by molar-refractivity contribution is -0.0313. The quantitative estimate of drug-likeness (QED) is 0.757. The monoisotopic (exact) mass is 218 g/mol. The van der Waals surface area contributed by atoms with E-state index in [0.717, 1.165) is 11.3 Å². The Morgan fingerprint density at radius 1 is 1.31 bits per heavy atom. The van der Waals surface area contributed by atoms with Gasteiger partial charge in [-0.05, 0) is 31.1 Å². The van der Waals surface area contributed by atoms with Gasteiger partial charge >= 0.3 is 0 Å². The summed E-state index contributed by atoms with van der Waals surface area (Å²) in [6.07, 6.45) is 1.94. The third kappa shape index (κ3) is 1.98. The van der Waals surface area contributed by atoms with Crippen LogP contribution in [0.15, 0.2) is 23.8 Å². The van der Waals surface area contributed by atoms with Crippen LogP contribution in [0.5, 0.6) is 5.75 Å². The van der Waals surface area contributed by atoms with Gasteiger partial charge in [0.15, 0.2) is 0 Å². The molecule has 1 aromatic carbocycles. The van der Waals surface area contributed by atoms with Gasteiger partial charge in [0.05, 0.1) is 0 Å². The number of hydrogen-bond donors (Lipinski definition) is 0. The van der Waals surface area contributed by atoms with E-state index in [1.165, 1.54) is 11.1 Å². The Morgan fingerprint density at radius 2 is 2.06 bits per heavy atom. The van der Waals surface area contributed by atoms with Gasteiger partial charge in [0, 0.05) is 18.2 Å². The number of methoxy groups -OCH3 is 1. The molecule has 1 heterocycles. The van der Waals surface area contributed by atoms with E-state index in [9.17, 15) is 0 Å². The van der Waals surface area contributed by atoms with Crippen molar-refractivity contribution in [3.63, 3.8) is 0 Å². The first-order valence-electron chi connectivity index (χ1n) is 5.63. The standard InChI is InChI=1S/C14H18O2/c1-9(2)12-8-11-7-10(3)5-6-13(11)16-14(12)15-4/h5-9,14H,1-4H3. The van der Waals surface area contributed by atoms with Crippen molar-refractivity contribution in [2.24, 2.45) is 5.92 Å². The zero-order valence-electron chi connectivity index (χ0n) is 10.3. The summed E-state index contributed by atoms with van der Waals surface area (Å²) in [5.41, 5.74) is 3.59. The van der Waals surface area contributed by atoms with Crippen molar-refractivity contribution in [3.05, 3.63) is 34.9 Å². The van der Waals surface area contributed by atoms with Crippen molar-refractivity contribution in [2.75, 3.05) is 7.11 Å². The first-order chi connectivity index (χ1) is 7.61. The van der Waals surface area contributed by atoms with Crippen LogP contribution >= 0.6 is 0 Å². The lowest BCUT2D eigenvalue weighted by Crippen LogP contribution is -2.27. The lowest BCUT2D eigenvalue weighted by Gasteiger charge is -2.28. The fourth-order valence-electron chi connectivity index (χ4n) is 1.94. The second-order valence-electron chi connectivity index (χ2n) is 4.53. The van der Waals surface area contributed by atoms with Gasteiger partial charge in [0.2, 0.25) is 6.29 Å². The van der Waals surface area contributed by atoms with E-state index < -0.39 is 0 Å². The fraction of sp³-hybridized carbons (Fsp3) is 0.429. The molecule has 1 aromatic rings. The van der Waals surface area contributed by atoms with Crippen LogP contribution in [0.4, 0.5) is 0 Å². The minimum Gasteiger partial charge on any atom is -0.460 e. The molecule has 16 heavy (non-hydrogen) atoms. The Kier molecular flexibility index (Phi) is 3.01. The summed E-state index contributed by atoms with van der Waals surface area (Å²) >= 11 is 0. The topological polar surface area (TPSA) is 18.5 Å². The smallest absolute Gasteiger partial charge is 0.223 e. The SMILES string of the molecule is COC1Oc2ccc(C)cc2C=C1C(C)C. The molecular formula is C14H18O2. The molecule has 0 aromatic heterocycles. The van der Waals surface area contributed by atoms with E-state index in [-0.39, 0.29) is 6.29 Å². The van der Waals surface area contributed by atoms with Crippen LogP contribution in [-0.4, -0.2) is 13.4 Å². The third-order valence-corrected chi connectivity index (χ3v) is 2.87. The summed E-state index contributed by atoms with van der Waals surface area (Å²) in [7, 11) is 1.68. The van der Waals surface area contributed by atoms with Gasteiger partial charge in [0.25, 0.3) is 0 Å². The first-order valence-corrected chi connectivity index (χ1v) is 5.63. The largest absolute Gasteiger partial charge is 0.460 e. The molecule has 0 fully saturated rings. The summed E-state index contributed by atoms with van der Waals surface area (Å²) in [4.78, 5) is 0. The Labute approximate surface area is 96.9 Å². The van der Waals surface area contributed by atoms with E-state index in [4.69, 9.17) is 9.47 Å². The number of hydrogen-bond acceptors (Lipinski definition) is 2. The van der Waals surface area contributed by atoms with Gasteiger partial charge in [-0.3, -0.25) is 0 Å². The molecule has 1 unspecified atom stereocenters. The maximum Gasteiger partial charge on any atom is 0.223 e. The normalized spacial score (nSPS) is 19.1. The van der Waals surface area contributed by atoms with Crippen molar-refractivity contribution >= 4 is 6.08 Å². The highest BCUT2D eigenvalue weighted by Crippen LogP contribution is 2.33. The zero-order valence-corrected chi connectivity index (χ0v) is 10.3. The molecule has 1 aliphatic heterocycles. The average molecular weight is 218 g/mol. The fourth-order valence-corrected chi connectivity index (χ4v) is 1.94. The van der Waals surface area contributed by atoms with Crippen molar-refractivity contribution < 1.29 is 9.47 Å². The molecule has 2 heteroatoms. The molecule has 0 saturated carbocycles. The van der Waals surface area contributed by atoms with Crippen LogP contribution in [0.3, 0.4) is 0 Å². The van der Waals surface area contributed by atoms with E-state index in [1.54, 1.807) is 7.11 Å². The molecular weight excluding hydrogens is 200 g/mol. The summed E-state index contributed by atoms with van der Waals surface area (Å²) < 4.78 is 11.2. The van der Waals surface area contributed by atoms with Crippen LogP contribution in [0.1, 0.15) is 25.0 Å². The van der Waals surface area contributed by atoms with E-state index in [1.807, 2.05) is 6.07 Å². The number of ether oxygens (including phenoxy) is 2. The van der Waals surface area contributed by atoms with E-state index >= 15 is 0 Å². The molecule has 2 rings (SSSR count). The van der Waals surface area contributed by atoms with Crippen molar-refractivity contribution in [1.29, 1.82) is 0 Å². The molecule has 1 aliphatic rings. The predicted molar refractivity (Wildman–Crippen MR) is 65.4 cm³/mol. The predicted octanol–water partition coefficient (Wildman–Crippen LogP) is 3.40. The minimum absolute atomic E-state index is 0.241. The highest BCUT2D eigenvalue weighted by molar-refractivity contribution is 5.63. The average Bonchev–Trinajstić information content (AvgIpc) is 2.27. The van der Waals surface area contributed by atoms with Gasteiger partial charge in [0.1, 0.15) is 5.75 Å². The van der Waals surface area contributed by atoms with Crippen molar-refractivity contribution in [1.82, 2.24) is 0 Å². The Morgan fingerprint density at radius 3 is 2.69 bits per heavy atom. The lowest BCUT2D eigenvalue weighted by atomic mass is 9.96. The molecule has 86 valence electrons. The number of rotatable bonds is 2. The highest BCUT2D eigenvalue weighted by atomic mass is 16.7. The van der Waals surface area contributed by atoms with Gasteiger partial charge < -0.3 is 9.47 Å². The summed E-state index contributed by atoms with van der Waals surface area (Å²) in [6, 6.07) is 6.20. The third-order valence-electron chi connectivity index (χ3n) is 2.87. The molecule has 0 aliphatic carbocycles. The number of fused-ring (bicyclic) bond motifs is 1. The maximum atomic E-state index is 5.82. The van der Waals surface area contributed by atoms with Gasteiger partial charge in [-0.2, -0.15) is 0 Å². The second kappa shape index (κ2) is 4.30. The highest BCUT2D eigenvalue weighted by Gasteiger charge is 2.24.